The molecule has 0 spiro atoms. The molecule has 0 N–H and O–H groups in total. The van der Waals surface area contributed by atoms with Gasteiger partial charge < -0.3 is 4.90 Å². The second-order valence-corrected chi connectivity index (χ2v) is 8.31. The van der Waals surface area contributed by atoms with Crippen LogP contribution in [0.2, 0.25) is 0 Å². The summed E-state index contributed by atoms with van der Waals surface area (Å²) in [5.41, 5.74) is 12.4. The monoisotopic (exact) mass is 377 g/mol. The van der Waals surface area contributed by atoms with Crippen LogP contribution in [0, 0.1) is 6.92 Å². The largest absolute Gasteiger partial charge is 0.348 e. The zero-order chi connectivity index (χ0) is 19.8. The van der Waals surface area contributed by atoms with E-state index in [1.807, 2.05) is 0 Å². The van der Waals surface area contributed by atoms with Crippen molar-refractivity contribution in [3.05, 3.63) is 107 Å². The molecule has 0 amide bonds. The third-order valence-electron chi connectivity index (χ3n) is 6.44. The van der Waals surface area contributed by atoms with Crippen LogP contribution in [0.4, 0.5) is 5.69 Å². The molecule has 2 aliphatic carbocycles. The Kier molecular flexibility index (Phi) is 4.60. The summed E-state index contributed by atoms with van der Waals surface area (Å²) in [6.45, 7) is 2.14. The van der Waals surface area contributed by atoms with Gasteiger partial charge in [-0.15, -0.1) is 0 Å². The van der Waals surface area contributed by atoms with Crippen molar-refractivity contribution in [3.8, 4) is 11.1 Å². The van der Waals surface area contributed by atoms with E-state index in [1.54, 1.807) is 0 Å². The maximum atomic E-state index is 2.36. The van der Waals surface area contributed by atoms with Crippen LogP contribution in [0.1, 0.15) is 35.1 Å². The molecule has 0 saturated heterocycles. The van der Waals surface area contributed by atoms with E-state index >= 15 is 0 Å². The van der Waals surface area contributed by atoms with Gasteiger partial charge in [-0.2, -0.15) is 0 Å². The molecule has 2 aliphatic rings. The lowest BCUT2D eigenvalue weighted by atomic mass is 9.86. The lowest BCUT2D eigenvalue weighted by Crippen LogP contribution is -2.17. The molecular formula is C28H27N. The zero-order valence-corrected chi connectivity index (χ0v) is 17.3. The smallest absolute Gasteiger partial charge is 0.0406 e. The molecule has 0 aromatic heterocycles. The standard InChI is InChI=1S/C28H27N/c1-20-3-5-21(6-4-20)22-11-15-27(16-12-22)29(2)28-17-13-24(14-18-28)26-10-8-23-7-9-25(23)19-26/h3-6,8,10-11,13-15,17-19H,7,9,12,16H2,1-2H3. The fourth-order valence-corrected chi connectivity index (χ4v) is 4.33. The molecule has 3 aromatic carbocycles. The van der Waals surface area contributed by atoms with E-state index in [0.29, 0.717) is 0 Å². The van der Waals surface area contributed by atoms with Gasteiger partial charge in [-0.3, -0.25) is 0 Å². The molecule has 0 aliphatic heterocycles. The van der Waals surface area contributed by atoms with Gasteiger partial charge in [0.2, 0.25) is 0 Å². The number of anilines is 1. The number of hydrogen-bond donors (Lipinski definition) is 0. The molecule has 0 fully saturated rings. The van der Waals surface area contributed by atoms with Gasteiger partial charge in [-0.1, -0.05) is 66.2 Å². The summed E-state index contributed by atoms with van der Waals surface area (Å²) in [4.78, 5) is 2.32. The molecule has 0 bridgehead atoms. The Balaban J connectivity index is 1.33. The average molecular weight is 378 g/mol. The maximum Gasteiger partial charge on any atom is 0.0406 e. The maximum absolute atomic E-state index is 2.36. The van der Waals surface area contributed by atoms with E-state index in [4.69, 9.17) is 0 Å². The third kappa shape index (κ3) is 3.53. The van der Waals surface area contributed by atoms with Crippen molar-refractivity contribution >= 4 is 11.3 Å². The lowest BCUT2D eigenvalue weighted by molar-refractivity contribution is 0.840. The van der Waals surface area contributed by atoms with Crippen LogP contribution >= 0.6 is 0 Å². The Hall–Kier alpha value is -3.06. The van der Waals surface area contributed by atoms with Crippen molar-refractivity contribution in [1.82, 2.24) is 0 Å². The van der Waals surface area contributed by atoms with Gasteiger partial charge in [0, 0.05) is 18.4 Å². The molecule has 0 heterocycles. The number of hydrogen-bond acceptors (Lipinski definition) is 1. The van der Waals surface area contributed by atoms with E-state index in [9.17, 15) is 0 Å². The van der Waals surface area contributed by atoms with Gasteiger partial charge in [0.15, 0.2) is 0 Å². The lowest BCUT2D eigenvalue weighted by Gasteiger charge is -2.26. The summed E-state index contributed by atoms with van der Waals surface area (Å²) >= 11 is 0. The summed E-state index contributed by atoms with van der Waals surface area (Å²) in [6.07, 6.45) is 9.21. The number of nitrogens with zero attached hydrogens (tertiary/aromatic N) is 1. The quantitative estimate of drug-likeness (QED) is 0.475. The number of allylic oxidation sites excluding steroid dienone is 4. The van der Waals surface area contributed by atoms with Crippen molar-refractivity contribution in [2.24, 2.45) is 0 Å². The van der Waals surface area contributed by atoms with Crippen LogP contribution in [0.15, 0.2) is 84.6 Å². The molecule has 29 heavy (non-hydrogen) atoms. The van der Waals surface area contributed by atoms with E-state index in [2.05, 4.69) is 97.8 Å². The highest BCUT2D eigenvalue weighted by Crippen LogP contribution is 2.32. The minimum absolute atomic E-state index is 1.07. The zero-order valence-electron chi connectivity index (χ0n) is 17.3. The topological polar surface area (TPSA) is 3.24 Å². The predicted octanol–water partition coefficient (Wildman–Crippen LogP) is 6.96. The molecule has 144 valence electrons. The van der Waals surface area contributed by atoms with E-state index < -0.39 is 0 Å². The fourth-order valence-electron chi connectivity index (χ4n) is 4.33. The number of aryl methyl sites for hydroxylation is 3. The Morgan fingerprint density at radius 3 is 1.93 bits per heavy atom. The predicted molar refractivity (Wildman–Crippen MR) is 124 cm³/mol. The first-order chi connectivity index (χ1) is 14.2. The third-order valence-corrected chi connectivity index (χ3v) is 6.44. The number of fused-ring (bicyclic) bond motifs is 1. The van der Waals surface area contributed by atoms with Crippen LogP contribution in [0.3, 0.4) is 0 Å². The Morgan fingerprint density at radius 1 is 0.621 bits per heavy atom. The van der Waals surface area contributed by atoms with Crippen molar-refractivity contribution in [2.75, 3.05) is 11.9 Å². The van der Waals surface area contributed by atoms with Crippen LogP contribution in [0.25, 0.3) is 16.7 Å². The first-order valence-electron chi connectivity index (χ1n) is 10.6. The van der Waals surface area contributed by atoms with Gasteiger partial charge in [-0.05, 0) is 84.2 Å². The Labute approximate surface area is 174 Å². The van der Waals surface area contributed by atoms with Crippen LogP contribution < -0.4 is 4.90 Å². The normalized spacial score (nSPS) is 15.1. The summed E-state index contributed by atoms with van der Waals surface area (Å²) in [5.74, 6) is 0. The van der Waals surface area contributed by atoms with E-state index in [0.717, 1.165) is 12.8 Å². The first-order valence-corrected chi connectivity index (χ1v) is 10.6. The minimum atomic E-state index is 1.07. The van der Waals surface area contributed by atoms with Gasteiger partial charge in [0.05, 0.1) is 0 Å². The highest BCUT2D eigenvalue weighted by Gasteiger charge is 2.15. The minimum Gasteiger partial charge on any atom is -0.348 e. The summed E-state index contributed by atoms with van der Waals surface area (Å²) in [7, 11) is 2.18. The van der Waals surface area contributed by atoms with Crippen molar-refractivity contribution in [2.45, 2.75) is 32.6 Å². The summed E-state index contributed by atoms with van der Waals surface area (Å²) in [6, 6.07) is 24.8. The number of benzene rings is 3. The molecule has 1 nitrogen and oxygen atoms in total. The molecule has 0 atom stereocenters. The first kappa shape index (κ1) is 18.0. The van der Waals surface area contributed by atoms with Crippen LogP contribution in [-0.2, 0) is 12.8 Å². The Morgan fingerprint density at radius 2 is 1.31 bits per heavy atom. The highest BCUT2D eigenvalue weighted by atomic mass is 15.1. The second-order valence-electron chi connectivity index (χ2n) is 8.31. The van der Waals surface area contributed by atoms with E-state index in [-0.39, 0.29) is 0 Å². The Bertz CT molecular complexity index is 1100. The SMILES string of the molecule is Cc1ccc(C2=CC=C(N(C)c3ccc(-c4ccc5c(c4)CC5)cc3)CC2)cc1. The van der Waals surface area contributed by atoms with Crippen molar-refractivity contribution in [1.29, 1.82) is 0 Å². The highest BCUT2D eigenvalue weighted by molar-refractivity contribution is 5.71. The molecule has 0 unspecified atom stereocenters. The fraction of sp³-hybridized carbons (Fsp3) is 0.214. The molecule has 3 aromatic rings. The van der Waals surface area contributed by atoms with Crippen LogP contribution in [-0.4, -0.2) is 7.05 Å². The average Bonchev–Trinajstić information content (AvgIpc) is 2.75. The van der Waals surface area contributed by atoms with Gasteiger partial charge in [0.1, 0.15) is 0 Å². The molecule has 0 radical (unpaired) electrons. The molecule has 1 heteroatoms. The number of rotatable bonds is 4. The van der Waals surface area contributed by atoms with Crippen LogP contribution in [0.5, 0.6) is 0 Å². The molecule has 0 saturated carbocycles. The summed E-state index contributed by atoms with van der Waals surface area (Å²) in [5, 5.41) is 0. The van der Waals surface area contributed by atoms with Crippen molar-refractivity contribution in [3.63, 3.8) is 0 Å². The molecule has 5 rings (SSSR count). The molecular weight excluding hydrogens is 350 g/mol. The van der Waals surface area contributed by atoms with E-state index in [1.165, 1.54) is 63.2 Å². The van der Waals surface area contributed by atoms with Gasteiger partial charge in [-0.25, -0.2) is 0 Å². The van der Waals surface area contributed by atoms with Gasteiger partial charge in [0.25, 0.3) is 0 Å². The van der Waals surface area contributed by atoms with Crippen molar-refractivity contribution < 1.29 is 0 Å². The summed E-state index contributed by atoms with van der Waals surface area (Å²) < 4.78 is 0. The van der Waals surface area contributed by atoms with Gasteiger partial charge >= 0.3 is 0 Å². The second kappa shape index (κ2) is 7.40.